The molecule has 3 rings (SSSR count). The van der Waals surface area contributed by atoms with E-state index in [-0.39, 0.29) is 29.9 Å². The Hall–Kier alpha value is -2.54. The average molecular weight is 562 g/mol. The summed E-state index contributed by atoms with van der Waals surface area (Å²) >= 11 is 13.8. The lowest BCUT2D eigenvalue weighted by Gasteiger charge is -2.31. The highest BCUT2D eigenvalue weighted by Gasteiger charge is 2.30. The molecule has 1 atom stereocenters. The van der Waals surface area contributed by atoms with Crippen molar-refractivity contribution < 1.29 is 14.0 Å². The molecule has 0 saturated carbocycles. The van der Waals surface area contributed by atoms with Crippen molar-refractivity contribution >= 4 is 46.8 Å². The van der Waals surface area contributed by atoms with E-state index in [2.05, 4.69) is 12.2 Å². The molecule has 0 unspecified atom stereocenters. The topological polar surface area (TPSA) is 49.4 Å². The third kappa shape index (κ3) is 9.37. The maximum absolute atomic E-state index is 13.6. The number of amides is 2. The van der Waals surface area contributed by atoms with Crippen molar-refractivity contribution in [2.75, 3.05) is 12.3 Å². The summed E-state index contributed by atoms with van der Waals surface area (Å²) in [6, 6.07) is 20.4. The first kappa shape index (κ1) is 29.0. The predicted octanol–water partition coefficient (Wildman–Crippen LogP) is 6.92. The monoisotopic (exact) mass is 560 g/mol. The van der Waals surface area contributed by atoms with E-state index in [1.54, 1.807) is 29.2 Å². The molecule has 4 nitrogen and oxygen atoms in total. The maximum atomic E-state index is 13.6. The second-order valence-corrected chi connectivity index (χ2v) is 10.5. The summed E-state index contributed by atoms with van der Waals surface area (Å²) in [5.74, 6) is 0.0831. The number of carbonyl (C=O) groups excluding carboxylic acids is 2. The molecule has 37 heavy (non-hydrogen) atoms. The molecule has 2 amide bonds. The number of nitrogens with one attached hydrogen (secondary N) is 1. The molecule has 0 bridgehead atoms. The number of nitrogens with zero attached hydrogens (tertiary/aromatic N) is 1. The number of hydrogen-bond donors (Lipinski definition) is 1. The van der Waals surface area contributed by atoms with Gasteiger partial charge in [0.05, 0.1) is 15.8 Å². The van der Waals surface area contributed by atoms with Crippen molar-refractivity contribution in [2.45, 2.75) is 44.5 Å². The minimum absolute atomic E-state index is 0.162. The molecule has 196 valence electrons. The van der Waals surface area contributed by atoms with Gasteiger partial charge in [-0.2, -0.15) is 0 Å². The second-order valence-electron chi connectivity index (χ2n) is 8.74. The summed E-state index contributed by atoms with van der Waals surface area (Å²) in [7, 11) is 0. The number of unbranched alkanes of at least 4 members (excludes halogenated alkanes) is 1. The van der Waals surface area contributed by atoms with Crippen LogP contribution >= 0.6 is 35.0 Å². The van der Waals surface area contributed by atoms with E-state index in [9.17, 15) is 14.0 Å². The second kappa shape index (κ2) is 15.0. The highest BCUT2D eigenvalue weighted by atomic mass is 35.5. The Morgan fingerprint density at radius 3 is 2.32 bits per heavy atom. The predicted molar refractivity (Wildman–Crippen MR) is 151 cm³/mol. The normalized spacial score (nSPS) is 11.7. The van der Waals surface area contributed by atoms with Crippen LogP contribution in [0.1, 0.15) is 36.5 Å². The van der Waals surface area contributed by atoms with Crippen molar-refractivity contribution in [3.8, 4) is 0 Å². The fourth-order valence-electron chi connectivity index (χ4n) is 3.81. The number of hydrogen-bond acceptors (Lipinski definition) is 3. The molecule has 0 spiro atoms. The molecule has 8 heteroatoms. The van der Waals surface area contributed by atoms with Crippen LogP contribution in [-0.4, -0.2) is 35.1 Å². The van der Waals surface area contributed by atoms with Gasteiger partial charge in [-0.3, -0.25) is 9.59 Å². The van der Waals surface area contributed by atoms with E-state index in [0.29, 0.717) is 28.8 Å². The van der Waals surface area contributed by atoms with Gasteiger partial charge in [-0.05, 0) is 47.4 Å². The lowest BCUT2D eigenvalue weighted by Crippen LogP contribution is -2.51. The quantitative estimate of drug-likeness (QED) is 0.231. The first-order valence-electron chi connectivity index (χ1n) is 12.2. The van der Waals surface area contributed by atoms with Crippen LogP contribution in [0, 0.1) is 5.82 Å². The van der Waals surface area contributed by atoms with Gasteiger partial charge in [-0.15, -0.1) is 11.8 Å². The summed E-state index contributed by atoms with van der Waals surface area (Å²) in [6.45, 7) is 2.83. The van der Waals surface area contributed by atoms with Crippen molar-refractivity contribution in [3.63, 3.8) is 0 Å². The summed E-state index contributed by atoms with van der Waals surface area (Å²) in [6.07, 6.45) is 2.20. The Kier molecular flexibility index (Phi) is 11.8. The Balaban J connectivity index is 1.84. The van der Waals surface area contributed by atoms with Crippen LogP contribution in [0.15, 0.2) is 72.8 Å². The summed E-state index contributed by atoms with van der Waals surface area (Å²) in [5.41, 5.74) is 2.67. The van der Waals surface area contributed by atoms with Crippen LogP contribution in [-0.2, 0) is 28.3 Å². The summed E-state index contributed by atoms with van der Waals surface area (Å²) < 4.78 is 13.2. The van der Waals surface area contributed by atoms with Crippen LogP contribution in [0.5, 0.6) is 0 Å². The van der Waals surface area contributed by atoms with Crippen molar-refractivity contribution in [2.24, 2.45) is 0 Å². The third-order valence-corrected chi connectivity index (χ3v) is 7.57. The van der Waals surface area contributed by atoms with Crippen molar-refractivity contribution in [1.82, 2.24) is 10.2 Å². The first-order valence-corrected chi connectivity index (χ1v) is 14.2. The fraction of sp³-hybridized carbons (Fsp3) is 0.310. The van der Waals surface area contributed by atoms with E-state index >= 15 is 0 Å². The van der Waals surface area contributed by atoms with Crippen molar-refractivity contribution in [1.29, 1.82) is 0 Å². The molecule has 0 aliphatic carbocycles. The number of thioether (sulfide) groups is 1. The lowest BCUT2D eigenvalue weighted by atomic mass is 10.0. The van der Waals surface area contributed by atoms with E-state index in [1.165, 1.54) is 23.9 Å². The molecule has 0 fully saturated rings. The molecule has 0 saturated heterocycles. The average Bonchev–Trinajstić information content (AvgIpc) is 2.90. The zero-order chi connectivity index (χ0) is 26.6. The zero-order valence-corrected chi connectivity index (χ0v) is 23.1. The van der Waals surface area contributed by atoms with E-state index in [1.807, 2.05) is 36.4 Å². The summed E-state index contributed by atoms with van der Waals surface area (Å²) in [4.78, 5) is 28.7. The smallest absolute Gasteiger partial charge is 0.243 e. The van der Waals surface area contributed by atoms with E-state index in [0.717, 1.165) is 29.5 Å². The lowest BCUT2D eigenvalue weighted by molar-refractivity contribution is -0.139. The van der Waals surface area contributed by atoms with Crippen molar-refractivity contribution in [3.05, 3.63) is 105 Å². The summed E-state index contributed by atoms with van der Waals surface area (Å²) in [5, 5.41) is 3.83. The fourth-order valence-corrected chi connectivity index (χ4v) is 5.01. The molecule has 3 aromatic carbocycles. The van der Waals surface area contributed by atoms with Gasteiger partial charge in [0.15, 0.2) is 0 Å². The van der Waals surface area contributed by atoms with E-state index in [4.69, 9.17) is 23.2 Å². The molecule has 0 aromatic heterocycles. The number of rotatable bonds is 13. The number of benzene rings is 3. The molecule has 1 N–H and O–H groups in total. The van der Waals surface area contributed by atoms with Gasteiger partial charge in [-0.25, -0.2) is 4.39 Å². The molecule has 0 heterocycles. The van der Waals surface area contributed by atoms with Gasteiger partial charge in [0, 0.05) is 25.3 Å². The third-order valence-electron chi connectivity index (χ3n) is 5.85. The minimum Gasteiger partial charge on any atom is -0.354 e. The Bertz CT molecular complexity index is 1160. The van der Waals surface area contributed by atoms with Gasteiger partial charge in [-0.1, -0.05) is 85.1 Å². The van der Waals surface area contributed by atoms with E-state index < -0.39 is 6.04 Å². The first-order chi connectivity index (χ1) is 17.9. The molecule has 3 aromatic rings. The maximum Gasteiger partial charge on any atom is 0.243 e. The largest absolute Gasteiger partial charge is 0.354 e. The molecule has 0 radical (unpaired) electrons. The highest BCUT2D eigenvalue weighted by Crippen LogP contribution is 2.25. The standard InChI is InChI=1S/C29H31Cl2FN2O2S/c1-2-3-15-33-29(36)27(17-21-7-5-4-6-8-21)34(18-23-11-14-25(30)26(31)16-23)28(35)20-37-19-22-9-12-24(32)13-10-22/h4-14,16,27H,2-3,15,17-20H2,1H3,(H,33,36)/t27-/m0/s1. The van der Waals surface area contributed by atoms with Crippen LogP contribution in [0.25, 0.3) is 0 Å². The van der Waals surface area contributed by atoms with Crippen LogP contribution in [0.4, 0.5) is 4.39 Å². The molecule has 0 aliphatic rings. The zero-order valence-electron chi connectivity index (χ0n) is 20.8. The van der Waals surface area contributed by atoms with Crippen LogP contribution in [0.3, 0.4) is 0 Å². The van der Waals surface area contributed by atoms with Gasteiger partial charge in [0.25, 0.3) is 0 Å². The highest BCUT2D eigenvalue weighted by molar-refractivity contribution is 7.99. The van der Waals surface area contributed by atoms with Crippen LogP contribution in [0.2, 0.25) is 10.0 Å². The number of halogens is 3. The van der Waals surface area contributed by atoms with Gasteiger partial charge < -0.3 is 10.2 Å². The Labute approximate surface area is 232 Å². The Morgan fingerprint density at radius 2 is 1.65 bits per heavy atom. The molecular formula is C29H31Cl2FN2O2S. The Morgan fingerprint density at radius 1 is 0.946 bits per heavy atom. The molecule has 0 aliphatic heterocycles. The number of carbonyl (C=O) groups is 2. The van der Waals surface area contributed by atoms with Gasteiger partial charge in [0.1, 0.15) is 11.9 Å². The SMILES string of the molecule is CCCCNC(=O)[C@H](Cc1ccccc1)N(Cc1ccc(Cl)c(Cl)c1)C(=O)CSCc1ccc(F)cc1. The molecular weight excluding hydrogens is 530 g/mol. The van der Waals surface area contributed by atoms with Gasteiger partial charge >= 0.3 is 0 Å². The van der Waals surface area contributed by atoms with Gasteiger partial charge in [0.2, 0.25) is 11.8 Å². The minimum atomic E-state index is -0.701. The van der Waals surface area contributed by atoms with Crippen LogP contribution < -0.4 is 5.32 Å².